The first-order valence-electron chi connectivity index (χ1n) is 6.89. The van der Waals surface area contributed by atoms with Gasteiger partial charge in [-0.3, -0.25) is 0 Å². The number of hydrogen-bond acceptors (Lipinski definition) is 3. The van der Waals surface area contributed by atoms with Gasteiger partial charge < -0.3 is 15.2 Å². The summed E-state index contributed by atoms with van der Waals surface area (Å²) in [7, 11) is 3.47. The van der Waals surface area contributed by atoms with Crippen molar-refractivity contribution in [3.8, 4) is 5.75 Å². The molecule has 0 aliphatic heterocycles. The van der Waals surface area contributed by atoms with Crippen LogP contribution in [0.4, 0.5) is 0 Å². The molecule has 0 saturated heterocycles. The second kappa shape index (κ2) is 7.51. The van der Waals surface area contributed by atoms with Crippen molar-refractivity contribution in [2.24, 2.45) is 11.7 Å². The molecule has 0 bridgehead atoms. The summed E-state index contributed by atoms with van der Waals surface area (Å²) in [5.74, 6) is 1.41. The van der Waals surface area contributed by atoms with E-state index < -0.39 is 0 Å². The maximum Gasteiger partial charge on any atom is 0.122 e. The van der Waals surface area contributed by atoms with Crippen LogP contribution in [0, 0.1) is 5.92 Å². The van der Waals surface area contributed by atoms with Crippen molar-refractivity contribution >= 4 is 0 Å². The SMILES string of the molecule is COc1ccccc1CC(CN)CCC(C)(C)OC. The molecule has 0 saturated carbocycles. The summed E-state index contributed by atoms with van der Waals surface area (Å²) in [6.07, 6.45) is 3.04. The van der Waals surface area contributed by atoms with Crippen molar-refractivity contribution in [3.05, 3.63) is 29.8 Å². The Morgan fingerprint density at radius 3 is 2.47 bits per heavy atom. The van der Waals surface area contributed by atoms with Gasteiger partial charge in [-0.05, 0) is 57.2 Å². The number of rotatable bonds is 8. The number of benzene rings is 1. The van der Waals surface area contributed by atoms with Gasteiger partial charge in [-0.25, -0.2) is 0 Å². The number of nitrogens with two attached hydrogens (primary N) is 1. The average molecular weight is 265 g/mol. The summed E-state index contributed by atoms with van der Waals surface area (Å²) in [4.78, 5) is 0. The van der Waals surface area contributed by atoms with Crippen LogP contribution >= 0.6 is 0 Å². The van der Waals surface area contributed by atoms with Gasteiger partial charge in [0.25, 0.3) is 0 Å². The van der Waals surface area contributed by atoms with E-state index in [1.807, 2.05) is 18.2 Å². The third-order valence-electron chi connectivity index (χ3n) is 3.74. The number of methoxy groups -OCH3 is 2. The third-order valence-corrected chi connectivity index (χ3v) is 3.74. The van der Waals surface area contributed by atoms with Crippen LogP contribution in [-0.2, 0) is 11.2 Å². The topological polar surface area (TPSA) is 44.5 Å². The van der Waals surface area contributed by atoms with Gasteiger partial charge in [-0.2, -0.15) is 0 Å². The molecule has 1 aromatic carbocycles. The molecule has 1 atom stereocenters. The summed E-state index contributed by atoms with van der Waals surface area (Å²) in [5, 5.41) is 0. The molecular formula is C16H27NO2. The van der Waals surface area contributed by atoms with Gasteiger partial charge in [-0.15, -0.1) is 0 Å². The molecule has 0 radical (unpaired) electrons. The van der Waals surface area contributed by atoms with Crippen molar-refractivity contribution in [3.63, 3.8) is 0 Å². The molecule has 2 N–H and O–H groups in total. The van der Waals surface area contributed by atoms with E-state index in [0.29, 0.717) is 12.5 Å². The molecule has 0 aromatic heterocycles. The fourth-order valence-corrected chi connectivity index (χ4v) is 2.14. The Labute approximate surface area is 117 Å². The second-order valence-electron chi connectivity index (χ2n) is 5.62. The molecular weight excluding hydrogens is 238 g/mol. The zero-order valence-corrected chi connectivity index (χ0v) is 12.6. The Bertz CT molecular complexity index is 377. The minimum atomic E-state index is -0.0752. The van der Waals surface area contributed by atoms with Crippen LogP contribution in [0.25, 0.3) is 0 Å². The lowest BCUT2D eigenvalue weighted by atomic mass is 9.90. The standard InChI is InChI=1S/C16H27NO2/c1-16(2,19-4)10-9-13(12-17)11-14-7-5-6-8-15(14)18-3/h5-8,13H,9-12,17H2,1-4H3. The van der Waals surface area contributed by atoms with Crippen LogP contribution < -0.4 is 10.5 Å². The lowest BCUT2D eigenvalue weighted by molar-refractivity contribution is 0.0106. The molecule has 108 valence electrons. The van der Waals surface area contributed by atoms with E-state index in [-0.39, 0.29) is 5.60 Å². The van der Waals surface area contributed by atoms with E-state index in [0.717, 1.165) is 25.0 Å². The van der Waals surface area contributed by atoms with E-state index in [2.05, 4.69) is 19.9 Å². The van der Waals surface area contributed by atoms with Gasteiger partial charge in [0.15, 0.2) is 0 Å². The van der Waals surface area contributed by atoms with Gasteiger partial charge >= 0.3 is 0 Å². The Balaban J connectivity index is 2.61. The number of ether oxygens (including phenoxy) is 2. The normalized spacial score (nSPS) is 13.3. The van der Waals surface area contributed by atoms with Crippen molar-refractivity contribution in [1.82, 2.24) is 0 Å². The fourth-order valence-electron chi connectivity index (χ4n) is 2.14. The van der Waals surface area contributed by atoms with Gasteiger partial charge in [0.2, 0.25) is 0 Å². The Morgan fingerprint density at radius 2 is 1.89 bits per heavy atom. The average Bonchev–Trinajstić information content (AvgIpc) is 2.43. The summed E-state index contributed by atoms with van der Waals surface area (Å²) in [5.41, 5.74) is 7.06. The summed E-state index contributed by atoms with van der Waals surface area (Å²) in [6.45, 7) is 4.92. The highest BCUT2D eigenvalue weighted by Gasteiger charge is 2.19. The molecule has 0 heterocycles. The maximum atomic E-state index is 5.90. The van der Waals surface area contributed by atoms with E-state index in [9.17, 15) is 0 Å². The maximum absolute atomic E-state index is 5.90. The summed E-state index contributed by atoms with van der Waals surface area (Å²) >= 11 is 0. The van der Waals surface area contributed by atoms with E-state index >= 15 is 0 Å². The molecule has 0 aliphatic carbocycles. The summed E-state index contributed by atoms with van der Waals surface area (Å²) in [6, 6.07) is 8.16. The van der Waals surface area contributed by atoms with Crippen LogP contribution in [0.15, 0.2) is 24.3 Å². The first-order chi connectivity index (χ1) is 9.02. The molecule has 3 heteroatoms. The van der Waals surface area contributed by atoms with Crippen molar-refractivity contribution < 1.29 is 9.47 Å². The van der Waals surface area contributed by atoms with Gasteiger partial charge in [0.05, 0.1) is 12.7 Å². The molecule has 0 spiro atoms. The molecule has 1 unspecified atom stereocenters. The monoisotopic (exact) mass is 265 g/mol. The van der Waals surface area contributed by atoms with Crippen LogP contribution in [-0.4, -0.2) is 26.4 Å². The van der Waals surface area contributed by atoms with Crippen LogP contribution in [0.2, 0.25) is 0 Å². The Kier molecular flexibility index (Phi) is 6.32. The van der Waals surface area contributed by atoms with Crippen molar-refractivity contribution in [2.75, 3.05) is 20.8 Å². The number of para-hydroxylation sites is 1. The number of hydrogen-bond donors (Lipinski definition) is 1. The largest absolute Gasteiger partial charge is 0.496 e. The quantitative estimate of drug-likeness (QED) is 0.786. The molecule has 0 fully saturated rings. The highest BCUT2D eigenvalue weighted by molar-refractivity contribution is 5.33. The van der Waals surface area contributed by atoms with Crippen LogP contribution in [0.1, 0.15) is 32.3 Å². The second-order valence-corrected chi connectivity index (χ2v) is 5.62. The fraction of sp³-hybridized carbons (Fsp3) is 0.625. The smallest absolute Gasteiger partial charge is 0.122 e. The zero-order valence-electron chi connectivity index (χ0n) is 12.6. The first-order valence-corrected chi connectivity index (χ1v) is 6.89. The van der Waals surface area contributed by atoms with Crippen molar-refractivity contribution in [2.45, 2.75) is 38.7 Å². The van der Waals surface area contributed by atoms with E-state index in [1.54, 1.807) is 14.2 Å². The molecule has 1 rings (SSSR count). The minimum absolute atomic E-state index is 0.0752. The lowest BCUT2D eigenvalue weighted by Crippen LogP contribution is -2.26. The molecule has 0 aliphatic rings. The third kappa shape index (κ3) is 5.21. The van der Waals surface area contributed by atoms with Gasteiger partial charge in [-0.1, -0.05) is 18.2 Å². The molecule has 0 amide bonds. The van der Waals surface area contributed by atoms with Gasteiger partial charge in [0, 0.05) is 7.11 Å². The molecule has 19 heavy (non-hydrogen) atoms. The van der Waals surface area contributed by atoms with Gasteiger partial charge in [0.1, 0.15) is 5.75 Å². The zero-order chi connectivity index (χ0) is 14.3. The minimum Gasteiger partial charge on any atom is -0.496 e. The molecule has 1 aromatic rings. The highest BCUT2D eigenvalue weighted by atomic mass is 16.5. The van der Waals surface area contributed by atoms with Crippen molar-refractivity contribution in [1.29, 1.82) is 0 Å². The summed E-state index contributed by atoms with van der Waals surface area (Å²) < 4.78 is 10.9. The predicted octanol–water partition coefficient (Wildman–Crippen LogP) is 3.02. The first kappa shape index (κ1) is 16.0. The van der Waals surface area contributed by atoms with E-state index in [4.69, 9.17) is 15.2 Å². The Hall–Kier alpha value is -1.06. The molecule has 3 nitrogen and oxygen atoms in total. The van der Waals surface area contributed by atoms with Crippen LogP contribution in [0.3, 0.4) is 0 Å². The highest BCUT2D eigenvalue weighted by Crippen LogP contribution is 2.25. The Morgan fingerprint density at radius 1 is 1.21 bits per heavy atom. The predicted molar refractivity (Wildman–Crippen MR) is 79.6 cm³/mol. The van der Waals surface area contributed by atoms with E-state index in [1.165, 1.54) is 5.56 Å². The van der Waals surface area contributed by atoms with Crippen LogP contribution in [0.5, 0.6) is 5.75 Å². The lowest BCUT2D eigenvalue weighted by Gasteiger charge is -2.25.